The van der Waals surface area contributed by atoms with E-state index in [4.69, 9.17) is 0 Å². The number of amides is 1. The zero-order chi connectivity index (χ0) is 14.9. The van der Waals surface area contributed by atoms with Gasteiger partial charge in [-0.15, -0.1) is 0 Å². The molecule has 0 aliphatic heterocycles. The molecule has 0 saturated heterocycles. The fourth-order valence-corrected chi connectivity index (χ4v) is 3.09. The zero-order valence-corrected chi connectivity index (χ0v) is 12.2. The molecular weight excluding hydrogens is 278 g/mol. The lowest BCUT2D eigenvalue weighted by Crippen LogP contribution is -2.25. The lowest BCUT2D eigenvalue weighted by molar-refractivity contribution is 0.0945. The molecule has 6 nitrogen and oxygen atoms in total. The first kappa shape index (κ1) is 13.1. The molecule has 3 aromatic heterocycles. The summed E-state index contributed by atoms with van der Waals surface area (Å²) in [7, 11) is 0. The second-order valence-corrected chi connectivity index (χ2v) is 5.61. The van der Waals surface area contributed by atoms with Gasteiger partial charge in [-0.1, -0.05) is 6.07 Å². The smallest absolute Gasteiger partial charge is 0.272 e. The largest absolute Gasteiger partial charge is 0.346 e. The molecule has 4 rings (SSSR count). The number of fused-ring (bicyclic) bond motifs is 2. The van der Waals surface area contributed by atoms with Crippen molar-refractivity contribution in [1.29, 1.82) is 0 Å². The highest BCUT2D eigenvalue weighted by Gasteiger charge is 2.21. The van der Waals surface area contributed by atoms with Crippen molar-refractivity contribution in [2.24, 2.45) is 0 Å². The molecule has 1 aliphatic carbocycles. The lowest BCUT2D eigenvalue weighted by Gasteiger charge is -2.11. The van der Waals surface area contributed by atoms with Gasteiger partial charge in [0.1, 0.15) is 0 Å². The quantitative estimate of drug-likeness (QED) is 0.774. The number of nitrogens with one attached hydrogen (secondary N) is 2. The van der Waals surface area contributed by atoms with Crippen LogP contribution in [0, 0.1) is 0 Å². The van der Waals surface area contributed by atoms with Gasteiger partial charge >= 0.3 is 0 Å². The summed E-state index contributed by atoms with van der Waals surface area (Å²) in [6.07, 6.45) is 7.87. The predicted molar refractivity (Wildman–Crippen MR) is 81.6 cm³/mol. The van der Waals surface area contributed by atoms with E-state index in [9.17, 15) is 4.79 Å². The third kappa shape index (κ3) is 2.16. The highest BCUT2D eigenvalue weighted by atomic mass is 16.1. The molecule has 6 heteroatoms. The summed E-state index contributed by atoms with van der Waals surface area (Å²) in [6, 6.07) is 5.87. The van der Waals surface area contributed by atoms with Crippen molar-refractivity contribution in [3.05, 3.63) is 53.1 Å². The van der Waals surface area contributed by atoms with Gasteiger partial charge in [-0.2, -0.15) is 10.2 Å². The molecule has 3 aromatic rings. The number of nitrogens with zero attached hydrogens (tertiary/aromatic N) is 3. The van der Waals surface area contributed by atoms with Crippen molar-refractivity contribution in [3.63, 3.8) is 0 Å². The van der Waals surface area contributed by atoms with Gasteiger partial charge in [0.2, 0.25) is 0 Å². The Kier molecular flexibility index (Phi) is 3.14. The highest BCUT2D eigenvalue weighted by molar-refractivity contribution is 5.94. The number of aromatic amines is 1. The molecule has 112 valence electrons. The van der Waals surface area contributed by atoms with Gasteiger partial charge in [-0.3, -0.25) is 9.89 Å². The van der Waals surface area contributed by atoms with Gasteiger partial charge in [-0.05, 0) is 43.4 Å². The number of hydrogen-bond acceptors (Lipinski definition) is 3. The predicted octanol–water partition coefficient (Wildman–Crippen LogP) is 1.87. The monoisotopic (exact) mass is 295 g/mol. The van der Waals surface area contributed by atoms with Crippen LogP contribution < -0.4 is 5.32 Å². The van der Waals surface area contributed by atoms with Crippen LogP contribution in [-0.4, -0.2) is 25.7 Å². The average molecular weight is 295 g/mol. The Morgan fingerprint density at radius 1 is 1.32 bits per heavy atom. The topological polar surface area (TPSA) is 75.1 Å². The van der Waals surface area contributed by atoms with E-state index in [2.05, 4.69) is 20.6 Å². The number of carbonyl (C=O) groups is 1. The van der Waals surface area contributed by atoms with Crippen LogP contribution in [0.1, 0.15) is 40.2 Å². The number of hydrogen-bond donors (Lipinski definition) is 2. The summed E-state index contributed by atoms with van der Waals surface area (Å²) in [5.74, 6) is -0.110. The van der Waals surface area contributed by atoms with Crippen LogP contribution in [-0.2, 0) is 19.4 Å². The molecule has 1 amide bonds. The van der Waals surface area contributed by atoms with E-state index in [1.165, 1.54) is 6.42 Å². The Labute approximate surface area is 127 Å². The maximum atomic E-state index is 12.4. The molecule has 0 saturated carbocycles. The van der Waals surface area contributed by atoms with Crippen LogP contribution in [0.4, 0.5) is 0 Å². The van der Waals surface area contributed by atoms with Gasteiger partial charge < -0.3 is 5.32 Å². The van der Waals surface area contributed by atoms with Crippen LogP contribution in [0.2, 0.25) is 0 Å². The fraction of sp³-hybridized carbons (Fsp3) is 0.312. The lowest BCUT2D eigenvalue weighted by atomic mass is 9.96. The first-order valence-corrected chi connectivity index (χ1v) is 7.58. The van der Waals surface area contributed by atoms with Crippen molar-refractivity contribution in [2.45, 2.75) is 32.2 Å². The SMILES string of the molecule is O=C(NCc1cccn2nccc12)c1n[nH]c2c1CCCC2. The molecular formula is C16H17N5O. The van der Waals surface area contributed by atoms with E-state index in [1.54, 1.807) is 10.7 Å². The van der Waals surface area contributed by atoms with Crippen LogP contribution in [0.15, 0.2) is 30.6 Å². The van der Waals surface area contributed by atoms with Crippen molar-refractivity contribution in [3.8, 4) is 0 Å². The van der Waals surface area contributed by atoms with Gasteiger partial charge in [0, 0.05) is 30.2 Å². The average Bonchev–Trinajstić information content (AvgIpc) is 3.19. The van der Waals surface area contributed by atoms with Crippen LogP contribution in [0.3, 0.4) is 0 Å². The molecule has 0 radical (unpaired) electrons. The second kappa shape index (κ2) is 5.29. The van der Waals surface area contributed by atoms with Crippen molar-refractivity contribution < 1.29 is 4.79 Å². The first-order valence-electron chi connectivity index (χ1n) is 7.58. The third-order valence-corrected chi connectivity index (χ3v) is 4.23. The van der Waals surface area contributed by atoms with Crippen LogP contribution in [0.5, 0.6) is 0 Å². The minimum absolute atomic E-state index is 0.110. The number of carbonyl (C=O) groups excluding carboxylic acids is 1. The Hall–Kier alpha value is -2.63. The molecule has 0 atom stereocenters. The maximum Gasteiger partial charge on any atom is 0.272 e. The van der Waals surface area contributed by atoms with Gasteiger partial charge in [0.15, 0.2) is 5.69 Å². The number of pyridine rings is 1. The summed E-state index contributed by atoms with van der Waals surface area (Å²) in [6.45, 7) is 0.469. The maximum absolute atomic E-state index is 12.4. The minimum atomic E-state index is -0.110. The number of aromatic nitrogens is 4. The number of aryl methyl sites for hydroxylation is 1. The molecule has 0 fully saturated rings. The van der Waals surface area contributed by atoms with Gasteiger partial charge in [0.25, 0.3) is 5.91 Å². The molecule has 0 aromatic carbocycles. The highest BCUT2D eigenvalue weighted by Crippen LogP contribution is 2.22. The van der Waals surface area contributed by atoms with E-state index in [0.717, 1.165) is 41.6 Å². The Morgan fingerprint density at radius 3 is 3.18 bits per heavy atom. The Bertz CT molecular complexity index is 832. The number of H-pyrrole nitrogens is 1. The molecule has 1 aliphatic rings. The summed E-state index contributed by atoms with van der Waals surface area (Å²) in [5, 5.41) is 14.4. The first-order chi connectivity index (χ1) is 10.8. The van der Waals surface area contributed by atoms with Gasteiger partial charge in [-0.25, -0.2) is 4.52 Å². The summed E-state index contributed by atoms with van der Waals surface area (Å²) >= 11 is 0. The molecule has 22 heavy (non-hydrogen) atoms. The van der Waals surface area contributed by atoms with E-state index in [1.807, 2.05) is 24.4 Å². The molecule has 0 bridgehead atoms. The number of rotatable bonds is 3. The zero-order valence-electron chi connectivity index (χ0n) is 12.2. The molecule has 0 spiro atoms. The van der Waals surface area contributed by atoms with Crippen molar-refractivity contribution in [2.75, 3.05) is 0 Å². The fourth-order valence-electron chi connectivity index (χ4n) is 3.09. The third-order valence-electron chi connectivity index (χ3n) is 4.23. The molecule has 0 unspecified atom stereocenters. The normalized spacial score (nSPS) is 14.0. The standard InChI is InChI=1S/C16H17N5O/c22-16(15-12-5-1-2-6-13(12)19-20-15)17-10-11-4-3-9-21-14(11)7-8-18-21/h3-4,7-9H,1-2,5-6,10H2,(H,17,22)(H,19,20). The summed E-state index contributed by atoms with van der Waals surface area (Å²) < 4.78 is 1.80. The second-order valence-electron chi connectivity index (χ2n) is 5.61. The van der Waals surface area contributed by atoms with Crippen molar-refractivity contribution in [1.82, 2.24) is 25.1 Å². The van der Waals surface area contributed by atoms with E-state index in [0.29, 0.717) is 12.2 Å². The van der Waals surface area contributed by atoms with Crippen molar-refractivity contribution >= 4 is 11.4 Å². The molecule has 2 N–H and O–H groups in total. The Balaban J connectivity index is 1.53. The van der Waals surface area contributed by atoms with E-state index < -0.39 is 0 Å². The Morgan fingerprint density at radius 2 is 2.23 bits per heavy atom. The summed E-state index contributed by atoms with van der Waals surface area (Å²) in [4.78, 5) is 12.4. The van der Waals surface area contributed by atoms with Crippen LogP contribution >= 0.6 is 0 Å². The van der Waals surface area contributed by atoms with E-state index in [-0.39, 0.29) is 5.91 Å². The van der Waals surface area contributed by atoms with Gasteiger partial charge in [0.05, 0.1) is 5.52 Å². The molecule has 3 heterocycles. The minimum Gasteiger partial charge on any atom is -0.346 e. The summed E-state index contributed by atoms with van der Waals surface area (Å²) in [5.41, 5.74) is 4.81. The van der Waals surface area contributed by atoms with E-state index >= 15 is 0 Å². The van der Waals surface area contributed by atoms with Crippen LogP contribution in [0.25, 0.3) is 5.52 Å².